The van der Waals surface area contributed by atoms with Gasteiger partial charge in [-0.15, -0.1) is 0 Å². The molecule has 4 nitrogen and oxygen atoms in total. The van der Waals surface area contributed by atoms with Gasteiger partial charge in [0.1, 0.15) is 0 Å². The van der Waals surface area contributed by atoms with Crippen molar-refractivity contribution in [3.05, 3.63) is 71.3 Å². The fraction of sp³-hybridized carbons (Fsp3) is 0.300. The fourth-order valence-electron chi connectivity index (χ4n) is 2.51. The van der Waals surface area contributed by atoms with Gasteiger partial charge in [-0.2, -0.15) is 0 Å². The Hall–Kier alpha value is -2.62. The van der Waals surface area contributed by atoms with Crippen LogP contribution in [0.25, 0.3) is 0 Å². The van der Waals surface area contributed by atoms with Crippen molar-refractivity contribution in [3.8, 4) is 0 Å². The van der Waals surface area contributed by atoms with E-state index in [0.29, 0.717) is 13.0 Å². The van der Waals surface area contributed by atoms with Crippen molar-refractivity contribution in [1.82, 2.24) is 5.32 Å². The molecule has 0 aliphatic carbocycles. The first-order chi connectivity index (χ1) is 11.4. The van der Waals surface area contributed by atoms with E-state index in [2.05, 4.69) is 31.3 Å². The van der Waals surface area contributed by atoms with Gasteiger partial charge < -0.3 is 10.4 Å². The Morgan fingerprint density at radius 1 is 1.00 bits per heavy atom. The van der Waals surface area contributed by atoms with Gasteiger partial charge in [0.25, 0.3) is 0 Å². The largest absolute Gasteiger partial charge is 0.478 e. The van der Waals surface area contributed by atoms with Crippen LogP contribution in [0.15, 0.2) is 54.6 Å². The Labute approximate surface area is 142 Å². The van der Waals surface area contributed by atoms with Gasteiger partial charge in [-0.05, 0) is 35.1 Å². The molecule has 0 aliphatic rings. The van der Waals surface area contributed by atoms with Crippen molar-refractivity contribution in [3.63, 3.8) is 0 Å². The van der Waals surface area contributed by atoms with E-state index in [1.165, 1.54) is 5.56 Å². The Morgan fingerprint density at radius 2 is 1.62 bits per heavy atom. The number of aromatic carboxylic acids is 1. The molecule has 0 fully saturated rings. The monoisotopic (exact) mass is 325 g/mol. The molecule has 0 unspecified atom stereocenters. The highest BCUT2D eigenvalue weighted by atomic mass is 16.4. The number of carbonyl (C=O) groups excluding carboxylic acids is 1. The Kier molecular flexibility index (Phi) is 5.74. The average molecular weight is 325 g/mol. The molecule has 24 heavy (non-hydrogen) atoms. The lowest BCUT2D eigenvalue weighted by Gasteiger charge is -2.25. The molecule has 4 heteroatoms. The predicted molar refractivity (Wildman–Crippen MR) is 94.0 cm³/mol. The Morgan fingerprint density at radius 3 is 2.21 bits per heavy atom. The van der Waals surface area contributed by atoms with Gasteiger partial charge in [0, 0.05) is 13.0 Å². The highest BCUT2D eigenvalue weighted by Crippen LogP contribution is 2.27. The molecule has 2 N–H and O–H groups in total. The fourth-order valence-corrected chi connectivity index (χ4v) is 2.51. The summed E-state index contributed by atoms with van der Waals surface area (Å²) in [5, 5.41) is 11.7. The van der Waals surface area contributed by atoms with Crippen LogP contribution in [0.3, 0.4) is 0 Å². The molecule has 0 atom stereocenters. The third-order valence-corrected chi connectivity index (χ3v) is 4.22. The summed E-state index contributed by atoms with van der Waals surface area (Å²) in [6.45, 7) is 4.69. The Bertz CT molecular complexity index is 691. The van der Waals surface area contributed by atoms with E-state index < -0.39 is 5.97 Å². The molecular formula is C20H23NO3. The first kappa shape index (κ1) is 17.7. The second-order valence-electron chi connectivity index (χ2n) is 6.53. The molecule has 0 heterocycles. The van der Waals surface area contributed by atoms with Crippen molar-refractivity contribution < 1.29 is 14.7 Å². The molecule has 0 saturated heterocycles. The number of hydrogen-bond donors (Lipinski definition) is 2. The van der Waals surface area contributed by atoms with Gasteiger partial charge in [-0.1, -0.05) is 56.3 Å². The average Bonchev–Trinajstić information content (AvgIpc) is 2.59. The zero-order valence-electron chi connectivity index (χ0n) is 14.1. The number of rotatable bonds is 7. The van der Waals surface area contributed by atoms with Gasteiger partial charge in [-0.25, -0.2) is 4.79 Å². The summed E-state index contributed by atoms with van der Waals surface area (Å²) in [4.78, 5) is 22.9. The van der Waals surface area contributed by atoms with E-state index >= 15 is 0 Å². The normalized spacial score (nSPS) is 11.1. The minimum atomic E-state index is -0.950. The van der Waals surface area contributed by atoms with E-state index in [-0.39, 0.29) is 16.9 Å². The lowest BCUT2D eigenvalue weighted by Crippen LogP contribution is -2.26. The molecule has 0 radical (unpaired) electrons. The van der Waals surface area contributed by atoms with Crippen LogP contribution in [0.2, 0.25) is 0 Å². The van der Waals surface area contributed by atoms with Crippen molar-refractivity contribution in [2.45, 2.75) is 38.6 Å². The third-order valence-electron chi connectivity index (χ3n) is 4.22. The molecule has 0 aliphatic heterocycles. The second kappa shape index (κ2) is 7.77. The summed E-state index contributed by atoms with van der Waals surface area (Å²) in [5.74, 6) is -0.949. The van der Waals surface area contributed by atoms with Gasteiger partial charge in [0.2, 0.25) is 5.91 Å². The van der Waals surface area contributed by atoms with Gasteiger partial charge in [0.15, 0.2) is 0 Å². The first-order valence-electron chi connectivity index (χ1n) is 8.03. The van der Waals surface area contributed by atoms with Crippen molar-refractivity contribution in [2.24, 2.45) is 0 Å². The third kappa shape index (κ3) is 4.95. The van der Waals surface area contributed by atoms with Crippen LogP contribution < -0.4 is 5.32 Å². The zero-order valence-corrected chi connectivity index (χ0v) is 14.1. The summed E-state index contributed by atoms with van der Waals surface area (Å²) < 4.78 is 0. The van der Waals surface area contributed by atoms with E-state index in [1.54, 1.807) is 24.3 Å². The molecule has 2 aromatic carbocycles. The molecular weight excluding hydrogens is 302 g/mol. The van der Waals surface area contributed by atoms with Crippen LogP contribution in [0.4, 0.5) is 0 Å². The van der Waals surface area contributed by atoms with E-state index in [0.717, 1.165) is 12.0 Å². The van der Waals surface area contributed by atoms with Crippen molar-refractivity contribution in [2.75, 3.05) is 0 Å². The van der Waals surface area contributed by atoms with Crippen LogP contribution in [0.1, 0.15) is 48.2 Å². The van der Waals surface area contributed by atoms with E-state index in [4.69, 9.17) is 5.11 Å². The molecule has 126 valence electrons. The minimum Gasteiger partial charge on any atom is -0.478 e. The lowest BCUT2D eigenvalue weighted by molar-refractivity contribution is -0.121. The molecule has 2 aromatic rings. The summed E-state index contributed by atoms with van der Waals surface area (Å²) in [5.41, 5.74) is 2.30. The molecule has 0 bridgehead atoms. The lowest BCUT2D eigenvalue weighted by atomic mass is 9.80. The SMILES string of the molecule is CC(C)(CCC(=O)NCc1ccc(C(=O)O)cc1)c1ccccc1. The molecule has 0 spiro atoms. The van der Waals surface area contributed by atoms with Crippen LogP contribution in [-0.2, 0) is 16.8 Å². The van der Waals surface area contributed by atoms with Crippen molar-refractivity contribution in [1.29, 1.82) is 0 Å². The summed E-state index contributed by atoms with van der Waals surface area (Å²) in [7, 11) is 0. The standard InChI is InChI=1S/C20H23NO3/c1-20(2,17-6-4-3-5-7-17)13-12-18(22)21-14-15-8-10-16(11-9-15)19(23)24/h3-11H,12-14H2,1-2H3,(H,21,22)(H,23,24). The Balaban J connectivity index is 1.82. The second-order valence-corrected chi connectivity index (χ2v) is 6.53. The maximum atomic E-state index is 12.1. The first-order valence-corrected chi connectivity index (χ1v) is 8.03. The van der Waals surface area contributed by atoms with E-state index in [9.17, 15) is 9.59 Å². The van der Waals surface area contributed by atoms with Crippen LogP contribution in [0, 0.1) is 0 Å². The topological polar surface area (TPSA) is 66.4 Å². The van der Waals surface area contributed by atoms with E-state index in [1.807, 2.05) is 18.2 Å². The summed E-state index contributed by atoms with van der Waals surface area (Å²) in [6.07, 6.45) is 1.22. The number of hydrogen-bond acceptors (Lipinski definition) is 2. The zero-order chi connectivity index (χ0) is 17.6. The number of carbonyl (C=O) groups is 2. The maximum Gasteiger partial charge on any atom is 0.335 e. The number of carboxylic acid groups (broad SMARTS) is 1. The van der Waals surface area contributed by atoms with Gasteiger partial charge in [0.05, 0.1) is 5.56 Å². The number of amides is 1. The highest BCUT2D eigenvalue weighted by Gasteiger charge is 2.21. The summed E-state index contributed by atoms with van der Waals surface area (Å²) >= 11 is 0. The van der Waals surface area contributed by atoms with Gasteiger partial charge in [-0.3, -0.25) is 4.79 Å². The maximum absolute atomic E-state index is 12.1. The predicted octanol–water partition coefficient (Wildman–Crippen LogP) is 3.76. The number of nitrogens with one attached hydrogen (secondary N) is 1. The quantitative estimate of drug-likeness (QED) is 0.814. The summed E-state index contributed by atoms with van der Waals surface area (Å²) in [6, 6.07) is 16.7. The van der Waals surface area contributed by atoms with Crippen molar-refractivity contribution >= 4 is 11.9 Å². The van der Waals surface area contributed by atoms with Crippen LogP contribution >= 0.6 is 0 Å². The number of benzene rings is 2. The van der Waals surface area contributed by atoms with Crippen LogP contribution in [0.5, 0.6) is 0 Å². The van der Waals surface area contributed by atoms with Gasteiger partial charge >= 0.3 is 5.97 Å². The number of carboxylic acids is 1. The molecule has 2 rings (SSSR count). The van der Waals surface area contributed by atoms with Crippen LogP contribution in [-0.4, -0.2) is 17.0 Å². The molecule has 1 amide bonds. The molecule has 0 aromatic heterocycles. The smallest absolute Gasteiger partial charge is 0.335 e. The molecule has 0 saturated carbocycles. The highest BCUT2D eigenvalue weighted by molar-refractivity contribution is 5.87. The minimum absolute atomic E-state index is 0.00122.